The number of benzene rings is 1. The molecule has 1 aromatic carbocycles. The molecule has 1 rings (SSSR count). The Kier molecular flexibility index (Phi) is 6.98. The van der Waals surface area contributed by atoms with Gasteiger partial charge in [0.25, 0.3) is 0 Å². The molecule has 0 aliphatic heterocycles. The van der Waals surface area contributed by atoms with Crippen LogP contribution in [0.5, 0.6) is 11.5 Å². The summed E-state index contributed by atoms with van der Waals surface area (Å²) in [5.74, 6) is 0.553. The van der Waals surface area contributed by atoms with Crippen LogP contribution in [-0.4, -0.2) is 48.1 Å². The summed E-state index contributed by atoms with van der Waals surface area (Å²) >= 11 is 0. The lowest BCUT2D eigenvalue weighted by atomic mass is 10.3. The van der Waals surface area contributed by atoms with Crippen LogP contribution < -0.4 is 14.8 Å². The number of ether oxygens (including phenoxy) is 2. The normalized spacial score (nSPS) is 13.8. The van der Waals surface area contributed by atoms with Gasteiger partial charge >= 0.3 is 7.60 Å². The first kappa shape index (κ1) is 16.9. The summed E-state index contributed by atoms with van der Waals surface area (Å²) in [7, 11) is -3.95. The first-order valence-electron chi connectivity index (χ1n) is 6.13. The summed E-state index contributed by atoms with van der Waals surface area (Å²) in [4.78, 5) is 9.81. The molecule has 1 atom stereocenters. The number of hydrogen-bond acceptors (Lipinski definition) is 6. The standard InChI is InChI=1S/C12H19O7P/c1-2-19-20(15,16)12-8-10(17-5-3-13)7-11(9-12)18-6-4-14/h7-9,13-14H,2-6H2,1H3,(H,15,16). The van der Waals surface area contributed by atoms with Gasteiger partial charge in [-0.15, -0.1) is 0 Å². The van der Waals surface area contributed by atoms with Crippen LogP contribution in [0.3, 0.4) is 0 Å². The molecule has 0 spiro atoms. The van der Waals surface area contributed by atoms with Crippen molar-refractivity contribution in [1.29, 1.82) is 0 Å². The summed E-state index contributed by atoms with van der Waals surface area (Å²) in [5.41, 5.74) is 0. The molecule has 0 aliphatic carbocycles. The van der Waals surface area contributed by atoms with E-state index in [2.05, 4.69) is 0 Å². The van der Waals surface area contributed by atoms with Gasteiger partial charge in [-0.1, -0.05) is 0 Å². The van der Waals surface area contributed by atoms with Crippen LogP contribution in [0, 0.1) is 0 Å². The number of hydrogen-bond donors (Lipinski definition) is 3. The number of aliphatic hydroxyl groups excluding tert-OH is 2. The maximum absolute atomic E-state index is 12.0. The molecule has 0 aliphatic rings. The fourth-order valence-electron chi connectivity index (χ4n) is 1.46. The second-order valence-electron chi connectivity index (χ2n) is 3.74. The Bertz CT molecular complexity index is 437. The molecular formula is C12H19O7P. The van der Waals surface area contributed by atoms with E-state index in [1.807, 2.05) is 0 Å². The SMILES string of the molecule is CCOP(=O)(O)c1cc(OCCO)cc(OCCO)c1. The first-order chi connectivity index (χ1) is 9.53. The summed E-state index contributed by atoms with van der Waals surface area (Å²) in [5, 5.41) is 17.5. The Morgan fingerprint density at radius 1 is 1.05 bits per heavy atom. The molecule has 3 N–H and O–H groups in total. The van der Waals surface area contributed by atoms with Crippen LogP contribution in [0.1, 0.15) is 6.92 Å². The van der Waals surface area contributed by atoms with Crippen LogP contribution >= 0.6 is 7.60 Å². The van der Waals surface area contributed by atoms with Crippen molar-refractivity contribution in [3.05, 3.63) is 18.2 Å². The summed E-state index contributed by atoms with van der Waals surface area (Å²) in [6.07, 6.45) is 0. The van der Waals surface area contributed by atoms with Gasteiger partial charge in [-0.25, -0.2) is 0 Å². The molecule has 0 heterocycles. The lowest BCUT2D eigenvalue weighted by Crippen LogP contribution is -2.11. The third-order valence-electron chi connectivity index (χ3n) is 2.22. The van der Waals surface area contributed by atoms with Crippen LogP contribution in [0.4, 0.5) is 0 Å². The van der Waals surface area contributed by atoms with Crippen molar-refractivity contribution in [2.45, 2.75) is 6.92 Å². The van der Waals surface area contributed by atoms with Crippen molar-refractivity contribution >= 4 is 12.9 Å². The third kappa shape index (κ3) is 5.11. The largest absolute Gasteiger partial charge is 0.491 e. The Morgan fingerprint density at radius 3 is 1.95 bits per heavy atom. The topological polar surface area (TPSA) is 105 Å². The van der Waals surface area contributed by atoms with Gasteiger partial charge in [0, 0.05) is 6.07 Å². The highest BCUT2D eigenvalue weighted by Crippen LogP contribution is 2.42. The average Bonchev–Trinajstić information content (AvgIpc) is 2.42. The maximum atomic E-state index is 12.0. The second-order valence-corrected chi connectivity index (χ2v) is 5.56. The minimum Gasteiger partial charge on any atom is -0.491 e. The quantitative estimate of drug-likeness (QED) is 0.563. The zero-order valence-electron chi connectivity index (χ0n) is 11.2. The van der Waals surface area contributed by atoms with Gasteiger partial charge in [-0.3, -0.25) is 4.57 Å². The minimum absolute atomic E-state index is 0.0303. The van der Waals surface area contributed by atoms with Gasteiger partial charge in [0.1, 0.15) is 24.7 Å². The average molecular weight is 306 g/mol. The van der Waals surface area contributed by atoms with E-state index in [0.717, 1.165) is 0 Å². The van der Waals surface area contributed by atoms with Crippen molar-refractivity contribution < 1.29 is 33.7 Å². The van der Waals surface area contributed by atoms with E-state index >= 15 is 0 Å². The number of aliphatic hydroxyl groups is 2. The smallest absolute Gasteiger partial charge is 0.359 e. The number of rotatable bonds is 9. The van der Waals surface area contributed by atoms with Crippen LogP contribution in [-0.2, 0) is 9.09 Å². The molecular weight excluding hydrogens is 287 g/mol. The van der Waals surface area contributed by atoms with Crippen LogP contribution in [0.25, 0.3) is 0 Å². The lowest BCUT2D eigenvalue weighted by Gasteiger charge is -2.15. The van der Waals surface area contributed by atoms with E-state index in [1.54, 1.807) is 6.92 Å². The molecule has 8 heteroatoms. The van der Waals surface area contributed by atoms with E-state index in [1.165, 1.54) is 18.2 Å². The summed E-state index contributed by atoms with van der Waals surface area (Å²) < 4.78 is 27.2. The summed E-state index contributed by atoms with van der Waals surface area (Å²) in [6, 6.07) is 4.22. The van der Waals surface area contributed by atoms with Gasteiger partial charge in [-0.05, 0) is 19.1 Å². The molecule has 20 heavy (non-hydrogen) atoms. The minimum atomic E-state index is -3.95. The van der Waals surface area contributed by atoms with Gasteiger partial charge in [-0.2, -0.15) is 0 Å². The first-order valence-corrected chi connectivity index (χ1v) is 7.71. The summed E-state index contributed by atoms with van der Waals surface area (Å²) in [6.45, 7) is 1.43. The van der Waals surface area contributed by atoms with E-state index < -0.39 is 7.60 Å². The maximum Gasteiger partial charge on any atom is 0.359 e. The fraction of sp³-hybridized carbons (Fsp3) is 0.500. The van der Waals surface area contributed by atoms with Crippen LogP contribution in [0.2, 0.25) is 0 Å². The van der Waals surface area contributed by atoms with Gasteiger partial charge in [0.2, 0.25) is 0 Å². The highest BCUT2D eigenvalue weighted by molar-refractivity contribution is 7.61. The second kappa shape index (κ2) is 8.24. The van der Waals surface area contributed by atoms with E-state index in [4.69, 9.17) is 24.2 Å². The van der Waals surface area contributed by atoms with E-state index in [9.17, 15) is 9.46 Å². The van der Waals surface area contributed by atoms with Crippen molar-refractivity contribution in [3.8, 4) is 11.5 Å². The zero-order valence-corrected chi connectivity index (χ0v) is 12.1. The van der Waals surface area contributed by atoms with Crippen molar-refractivity contribution in [3.63, 3.8) is 0 Å². The molecule has 0 fully saturated rings. The highest BCUT2D eigenvalue weighted by Gasteiger charge is 2.24. The molecule has 0 radical (unpaired) electrons. The van der Waals surface area contributed by atoms with Crippen molar-refractivity contribution in [1.82, 2.24) is 0 Å². The molecule has 0 amide bonds. The monoisotopic (exact) mass is 306 g/mol. The predicted octanol–water partition coefficient (Wildman–Crippen LogP) is 0.276. The predicted molar refractivity (Wildman–Crippen MR) is 72.7 cm³/mol. The third-order valence-corrected chi connectivity index (χ3v) is 3.73. The van der Waals surface area contributed by atoms with E-state index in [-0.39, 0.29) is 49.8 Å². The molecule has 1 unspecified atom stereocenters. The zero-order chi connectivity index (χ0) is 15.0. The Morgan fingerprint density at radius 2 is 1.55 bits per heavy atom. The molecule has 114 valence electrons. The van der Waals surface area contributed by atoms with Crippen molar-refractivity contribution in [2.24, 2.45) is 0 Å². The van der Waals surface area contributed by atoms with E-state index in [0.29, 0.717) is 0 Å². The molecule has 0 saturated heterocycles. The fourth-order valence-corrected chi connectivity index (χ4v) is 2.54. The molecule has 7 nitrogen and oxygen atoms in total. The lowest BCUT2D eigenvalue weighted by molar-refractivity contribution is 0.195. The van der Waals surface area contributed by atoms with Gasteiger partial charge in [0.15, 0.2) is 0 Å². The van der Waals surface area contributed by atoms with Gasteiger partial charge < -0.3 is 29.1 Å². The molecule has 0 aromatic heterocycles. The molecule has 0 saturated carbocycles. The Balaban J connectivity index is 3.05. The molecule has 0 bridgehead atoms. The Hall–Kier alpha value is -1.11. The van der Waals surface area contributed by atoms with Crippen molar-refractivity contribution in [2.75, 3.05) is 33.0 Å². The molecule has 1 aromatic rings. The van der Waals surface area contributed by atoms with Crippen LogP contribution in [0.15, 0.2) is 18.2 Å². The Labute approximate surface area is 117 Å². The highest BCUT2D eigenvalue weighted by atomic mass is 31.2. The van der Waals surface area contributed by atoms with Gasteiger partial charge in [0.05, 0.1) is 25.1 Å².